The Balaban J connectivity index is 0.00000176. The minimum Gasteiger partial charge on any atom is -0.355 e. The molecule has 5 heteroatoms. The maximum atomic E-state index is 13.2. The minimum absolute atomic E-state index is 0. The number of carbonyl (C=O) groups is 1. The quantitative estimate of drug-likeness (QED) is 0.893. The first-order valence-corrected chi connectivity index (χ1v) is 7.94. The van der Waals surface area contributed by atoms with Gasteiger partial charge in [-0.15, -0.1) is 12.4 Å². The summed E-state index contributed by atoms with van der Waals surface area (Å²) >= 11 is 0. The van der Waals surface area contributed by atoms with Gasteiger partial charge in [-0.1, -0.05) is 31.4 Å². The van der Waals surface area contributed by atoms with Crippen LogP contribution in [0.5, 0.6) is 0 Å². The summed E-state index contributed by atoms with van der Waals surface area (Å²) in [4.78, 5) is 12.1. The molecule has 1 saturated carbocycles. The van der Waals surface area contributed by atoms with E-state index in [1.807, 2.05) is 12.1 Å². The van der Waals surface area contributed by atoms with Gasteiger partial charge in [-0.25, -0.2) is 4.39 Å². The number of benzene rings is 1. The van der Waals surface area contributed by atoms with Crippen molar-refractivity contribution in [3.8, 4) is 0 Å². The van der Waals surface area contributed by atoms with Crippen molar-refractivity contribution >= 4 is 18.3 Å². The van der Waals surface area contributed by atoms with Crippen LogP contribution in [-0.4, -0.2) is 25.5 Å². The predicted octanol–water partition coefficient (Wildman–Crippen LogP) is 2.79. The molecule has 1 amide bonds. The van der Waals surface area contributed by atoms with E-state index < -0.39 is 0 Å². The van der Waals surface area contributed by atoms with E-state index >= 15 is 0 Å². The van der Waals surface area contributed by atoms with Gasteiger partial charge in [0.2, 0.25) is 5.91 Å². The fourth-order valence-corrected chi connectivity index (χ4v) is 3.47. The summed E-state index contributed by atoms with van der Waals surface area (Å²) < 4.78 is 13.2. The highest BCUT2D eigenvalue weighted by Gasteiger charge is 2.35. The fourth-order valence-electron chi connectivity index (χ4n) is 3.47. The number of hydrogen-bond acceptors (Lipinski definition) is 2. The first kappa shape index (κ1) is 17.2. The first-order valence-electron chi connectivity index (χ1n) is 7.94. The monoisotopic (exact) mass is 326 g/mol. The number of amides is 1. The van der Waals surface area contributed by atoms with Crippen LogP contribution in [0.2, 0.25) is 0 Å². The Morgan fingerprint density at radius 3 is 2.36 bits per heavy atom. The molecule has 0 bridgehead atoms. The normalized spacial score (nSPS) is 20.6. The minimum atomic E-state index is -0.200. The molecule has 3 nitrogen and oxygen atoms in total. The van der Waals surface area contributed by atoms with Crippen LogP contribution in [0.4, 0.5) is 4.39 Å². The lowest BCUT2D eigenvalue weighted by Gasteiger charge is -2.39. The highest BCUT2D eigenvalue weighted by molar-refractivity contribution is 5.85. The van der Waals surface area contributed by atoms with Crippen LogP contribution in [0.15, 0.2) is 24.3 Å². The van der Waals surface area contributed by atoms with Crippen molar-refractivity contribution in [1.29, 1.82) is 0 Å². The fraction of sp³-hybridized carbons (Fsp3) is 0.588. The van der Waals surface area contributed by atoms with Crippen molar-refractivity contribution in [2.45, 2.75) is 37.5 Å². The highest BCUT2D eigenvalue weighted by Crippen LogP contribution is 2.39. The number of nitrogens with one attached hydrogen (secondary N) is 2. The van der Waals surface area contributed by atoms with E-state index in [-0.39, 0.29) is 35.5 Å². The van der Waals surface area contributed by atoms with Gasteiger partial charge in [0.05, 0.1) is 5.92 Å². The number of rotatable bonds is 4. The second-order valence-electron chi connectivity index (χ2n) is 6.42. The molecule has 1 aromatic carbocycles. The van der Waals surface area contributed by atoms with Crippen LogP contribution in [0.25, 0.3) is 0 Å². The van der Waals surface area contributed by atoms with E-state index in [0.29, 0.717) is 6.54 Å². The standard InChI is InChI=1S/C17H23FN2O.ClH/c18-15-6-4-14(5-7-15)17(8-2-1-3-9-17)12-20-16(21)13-10-19-11-13;/h4-7,13,19H,1-3,8-12H2,(H,20,21);1H. The summed E-state index contributed by atoms with van der Waals surface area (Å²) in [6.45, 7) is 2.25. The van der Waals surface area contributed by atoms with Crippen LogP contribution < -0.4 is 10.6 Å². The lowest BCUT2D eigenvalue weighted by molar-refractivity contribution is -0.126. The molecule has 22 heavy (non-hydrogen) atoms. The maximum Gasteiger partial charge on any atom is 0.225 e. The number of halogens is 2. The average molecular weight is 327 g/mol. The third-order valence-electron chi connectivity index (χ3n) is 5.02. The van der Waals surface area contributed by atoms with Crippen LogP contribution in [-0.2, 0) is 10.2 Å². The Morgan fingerprint density at radius 1 is 1.18 bits per heavy atom. The topological polar surface area (TPSA) is 41.1 Å². The molecule has 1 saturated heterocycles. The molecule has 0 unspecified atom stereocenters. The van der Waals surface area contributed by atoms with Crippen molar-refractivity contribution in [2.24, 2.45) is 5.92 Å². The van der Waals surface area contributed by atoms with Crippen molar-refractivity contribution < 1.29 is 9.18 Å². The molecule has 0 spiro atoms. The Labute approximate surface area is 137 Å². The third-order valence-corrected chi connectivity index (χ3v) is 5.02. The predicted molar refractivity (Wildman–Crippen MR) is 87.8 cm³/mol. The van der Waals surface area contributed by atoms with Crippen molar-refractivity contribution in [3.05, 3.63) is 35.6 Å². The van der Waals surface area contributed by atoms with Crippen molar-refractivity contribution in [2.75, 3.05) is 19.6 Å². The SMILES string of the molecule is Cl.O=C(NCC1(c2ccc(F)cc2)CCCCC1)C1CNC1. The van der Waals surface area contributed by atoms with E-state index in [4.69, 9.17) is 0 Å². The van der Waals surface area contributed by atoms with Gasteiger partial charge in [0, 0.05) is 25.0 Å². The smallest absolute Gasteiger partial charge is 0.225 e. The second kappa shape index (κ2) is 7.42. The molecular weight excluding hydrogens is 303 g/mol. The highest BCUT2D eigenvalue weighted by atomic mass is 35.5. The molecule has 0 aromatic heterocycles. The van der Waals surface area contributed by atoms with Gasteiger partial charge in [-0.3, -0.25) is 4.79 Å². The van der Waals surface area contributed by atoms with Gasteiger partial charge in [-0.2, -0.15) is 0 Å². The molecule has 3 rings (SSSR count). The summed E-state index contributed by atoms with van der Waals surface area (Å²) in [6, 6.07) is 6.84. The van der Waals surface area contributed by atoms with Gasteiger partial charge in [0.15, 0.2) is 0 Å². The summed E-state index contributed by atoms with van der Waals surface area (Å²) in [6.07, 6.45) is 5.75. The van der Waals surface area contributed by atoms with Gasteiger partial charge in [0.25, 0.3) is 0 Å². The van der Waals surface area contributed by atoms with Crippen LogP contribution in [0.3, 0.4) is 0 Å². The molecule has 1 aliphatic carbocycles. The number of hydrogen-bond donors (Lipinski definition) is 2. The first-order chi connectivity index (χ1) is 10.2. The van der Waals surface area contributed by atoms with E-state index in [1.54, 1.807) is 0 Å². The zero-order valence-electron chi connectivity index (χ0n) is 12.7. The zero-order valence-corrected chi connectivity index (χ0v) is 13.6. The molecule has 1 aromatic rings. The summed E-state index contributed by atoms with van der Waals surface area (Å²) in [5.41, 5.74) is 1.15. The lowest BCUT2D eigenvalue weighted by atomic mass is 9.69. The Bertz CT molecular complexity index is 496. The molecule has 2 aliphatic rings. The third kappa shape index (κ3) is 3.61. The van der Waals surface area contributed by atoms with Crippen LogP contribution >= 0.6 is 12.4 Å². The molecule has 1 heterocycles. The summed E-state index contributed by atoms with van der Waals surface area (Å²) in [5, 5.41) is 6.26. The number of carbonyl (C=O) groups excluding carboxylic acids is 1. The van der Waals surface area contributed by atoms with Crippen molar-refractivity contribution in [1.82, 2.24) is 10.6 Å². The molecule has 1 aliphatic heterocycles. The van der Waals surface area contributed by atoms with E-state index in [2.05, 4.69) is 10.6 Å². The average Bonchev–Trinajstić information content (AvgIpc) is 2.45. The van der Waals surface area contributed by atoms with E-state index in [1.165, 1.54) is 31.4 Å². The Morgan fingerprint density at radius 2 is 1.82 bits per heavy atom. The van der Waals surface area contributed by atoms with Gasteiger partial charge in [0.1, 0.15) is 5.82 Å². The molecular formula is C17H24ClFN2O. The summed E-state index contributed by atoms with van der Waals surface area (Å²) in [7, 11) is 0. The van der Waals surface area contributed by atoms with Gasteiger partial charge >= 0.3 is 0 Å². The lowest BCUT2D eigenvalue weighted by Crippen LogP contribution is -2.53. The van der Waals surface area contributed by atoms with Crippen LogP contribution in [0, 0.1) is 11.7 Å². The Kier molecular flexibility index (Phi) is 5.81. The molecule has 122 valence electrons. The summed E-state index contributed by atoms with van der Waals surface area (Å²) in [5.74, 6) is 0.0777. The zero-order chi connectivity index (χ0) is 14.7. The maximum absolute atomic E-state index is 13.2. The molecule has 0 radical (unpaired) electrons. The largest absolute Gasteiger partial charge is 0.355 e. The van der Waals surface area contributed by atoms with Crippen molar-refractivity contribution in [3.63, 3.8) is 0 Å². The van der Waals surface area contributed by atoms with E-state index in [9.17, 15) is 9.18 Å². The van der Waals surface area contributed by atoms with E-state index in [0.717, 1.165) is 31.5 Å². The van der Waals surface area contributed by atoms with Gasteiger partial charge in [-0.05, 0) is 30.5 Å². The van der Waals surface area contributed by atoms with Gasteiger partial charge < -0.3 is 10.6 Å². The second-order valence-corrected chi connectivity index (χ2v) is 6.42. The molecule has 2 N–H and O–H groups in total. The molecule has 0 atom stereocenters. The molecule has 2 fully saturated rings. The van der Waals surface area contributed by atoms with Crippen LogP contribution in [0.1, 0.15) is 37.7 Å². The Hall–Kier alpha value is -1.13.